The molecule has 0 atom stereocenters. The van der Waals surface area contributed by atoms with Crippen LogP contribution in [0.3, 0.4) is 0 Å². The maximum atomic E-state index is 11.7. The van der Waals surface area contributed by atoms with Crippen LogP contribution in [0.25, 0.3) is 0 Å². The van der Waals surface area contributed by atoms with E-state index in [1.165, 1.54) is 19.8 Å². The van der Waals surface area contributed by atoms with Crippen LogP contribution in [0.2, 0.25) is 0 Å². The summed E-state index contributed by atoms with van der Waals surface area (Å²) in [6, 6.07) is 0. The number of hydrogen-bond donors (Lipinski definition) is 0. The predicted octanol–water partition coefficient (Wildman–Crippen LogP) is 3.12. The summed E-state index contributed by atoms with van der Waals surface area (Å²) in [6.45, 7) is 9.35. The molecule has 0 aliphatic heterocycles. The molecule has 5 nitrogen and oxygen atoms in total. The molecule has 0 amide bonds. The second-order valence-electron chi connectivity index (χ2n) is 6.37. The second-order valence-corrected chi connectivity index (χ2v) is 6.37. The third-order valence-electron chi connectivity index (χ3n) is 4.17. The first-order chi connectivity index (χ1) is 9.77. The lowest BCUT2D eigenvalue weighted by atomic mass is 9.75. The minimum absolute atomic E-state index is 0.203. The largest absolute Gasteiger partial charge is 0.461 e. The lowest BCUT2D eigenvalue weighted by Gasteiger charge is -2.36. The van der Waals surface area contributed by atoms with Crippen molar-refractivity contribution in [2.24, 2.45) is 17.0 Å². The molecule has 1 rings (SSSR count). The number of ether oxygens (including phenoxy) is 1. The SMILES string of the molecule is CCOC(=O)C(=NOC(C)(C)C1CCC(C)CC1)C(C)=O. The molecule has 0 spiro atoms. The number of hydrogen-bond acceptors (Lipinski definition) is 5. The maximum Gasteiger partial charge on any atom is 0.364 e. The van der Waals surface area contributed by atoms with Gasteiger partial charge in [0.15, 0.2) is 5.78 Å². The van der Waals surface area contributed by atoms with Crippen LogP contribution in [0, 0.1) is 11.8 Å². The summed E-state index contributed by atoms with van der Waals surface area (Å²) in [4.78, 5) is 28.7. The highest BCUT2D eigenvalue weighted by molar-refractivity contribution is 6.63. The number of carbonyl (C=O) groups is 2. The van der Waals surface area contributed by atoms with E-state index < -0.39 is 17.4 Å². The average Bonchev–Trinajstić information content (AvgIpc) is 2.39. The molecule has 0 aromatic heterocycles. The Morgan fingerprint density at radius 3 is 2.24 bits per heavy atom. The summed E-state index contributed by atoms with van der Waals surface area (Å²) >= 11 is 0. The van der Waals surface area contributed by atoms with Gasteiger partial charge in [0.05, 0.1) is 6.61 Å². The molecule has 1 fully saturated rings. The third kappa shape index (κ3) is 5.14. The topological polar surface area (TPSA) is 65.0 Å². The lowest BCUT2D eigenvalue weighted by molar-refractivity contribution is -0.136. The van der Waals surface area contributed by atoms with Gasteiger partial charge in [-0.2, -0.15) is 0 Å². The summed E-state index contributed by atoms with van der Waals surface area (Å²) in [6.07, 6.45) is 4.52. The fraction of sp³-hybridized carbons (Fsp3) is 0.812. The number of nitrogens with zero attached hydrogens (tertiary/aromatic N) is 1. The Balaban J connectivity index is 2.73. The van der Waals surface area contributed by atoms with E-state index in [1.54, 1.807) is 6.92 Å². The van der Waals surface area contributed by atoms with Crippen molar-refractivity contribution in [1.29, 1.82) is 0 Å². The number of Topliss-reactive ketones (excluding diaryl/α,β-unsaturated/α-hetero) is 1. The van der Waals surface area contributed by atoms with Crippen LogP contribution in [0.4, 0.5) is 0 Å². The molecule has 0 unspecified atom stereocenters. The van der Waals surface area contributed by atoms with Gasteiger partial charge in [0, 0.05) is 12.8 Å². The fourth-order valence-electron chi connectivity index (χ4n) is 2.64. The normalized spacial score (nSPS) is 23.6. The van der Waals surface area contributed by atoms with Gasteiger partial charge in [-0.05, 0) is 39.5 Å². The van der Waals surface area contributed by atoms with Crippen molar-refractivity contribution in [3.8, 4) is 0 Å². The number of rotatable bonds is 6. The van der Waals surface area contributed by atoms with E-state index in [2.05, 4.69) is 12.1 Å². The van der Waals surface area contributed by atoms with E-state index in [0.717, 1.165) is 18.8 Å². The van der Waals surface area contributed by atoms with Crippen molar-refractivity contribution in [1.82, 2.24) is 0 Å². The minimum Gasteiger partial charge on any atom is -0.461 e. The van der Waals surface area contributed by atoms with Crippen molar-refractivity contribution < 1.29 is 19.2 Å². The van der Waals surface area contributed by atoms with Crippen molar-refractivity contribution in [2.45, 2.75) is 65.9 Å². The zero-order valence-corrected chi connectivity index (χ0v) is 13.8. The molecule has 0 N–H and O–H groups in total. The Morgan fingerprint density at radius 1 is 1.19 bits per heavy atom. The van der Waals surface area contributed by atoms with E-state index >= 15 is 0 Å². The first kappa shape index (κ1) is 17.7. The minimum atomic E-state index is -0.724. The molecule has 0 heterocycles. The Labute approximate surface area is 127 Å². The van der Waals surface area contributed by atoms with Gasteiger partial charge in [0.1, 0.15) is 5.60 Å². The Kier molecular flexibility index (Phi) is 6.37. The van der Waals surface area contributed by atoms with Crippen LogP contribution in [-0.2, 0) is 19.2 Å². The first-order valence-electron chi connectivity index (χ1n) is 7.72. The van der Waals surface area contributed by atoms with Gasteiger partial charge in [-0.1, -0.05) is 24.9 Å². The molecular formula is C16H27NO4. The van der Waals surface area contributed by atoms with Gasteiger partial charge >= 0.3 is 5.97 Å². The van der Waals surface area contributed by atoms with E-state index in [4.69, 9.17) is 9.57 Å². The summed E-state index contributed by atoms with van der Waals surface area (Å²) in [5, 5.41) is 3.80. The van der Waals surface area contributed by atoms with Gasteiger partial charge < -0.3 is 9.57 Å². The van der Waals surface area contributed by atoms with Gasteiger partial charge in [0.25, 0.3) is 0 Å². The van der Waals surface area contributed by atoms with Gasteiger partial charge in [0.2, 0.25) is 5.71 Å². The van der Waals surface area contributed by atoms with Crippen molar-refractivity contribution in [2.75, 3.05) is 6.61 Å². The molecule has 21 heavy (non-hydrogen) atoms. The van der Waals surface area contributed by atoms with E-state index in [0.29, 0.717) is 5.92 Å². The molecule has 0 aromatic rings. The van der Waals surface area contributed by atoms with Crippen LogP contribution in [0.5, 0.6) is 0 Å². The van der Waals surface area contributed by atoms with Crippen molar-refractivity contribution in [3.63, 3.8) is 0 Å². The average molecular weight is 297 g/mol. The van der Waals surface area contributed by atoms with Crippen LogP contribution >= 0.6 is 0 Å². The standard InChI is InChI=1S/C16H27NO4/c1-6-20-15(19)14(12(3)18)17-21-16(4,5)13-9-7-11(2)8-10-13/h11,13H,6-10H2,1-5H3. The van der Waals surface area contributed by atoms with Crippen molar-refractivity contribution in [3.05, 3.63) is 0 Å². The zero-order chi connectivity index (χ0) is 16.0. The van der Waals surface area contributed by atoms with E-state index in [1.807, 2.05) is 13.8 Å². The smallest absolute Gasteiger partial charge is 0.364 e. The highest BCUT2D eigenvalue weighted by Gasteiger charge is 2.35. The fourth-order valence-corrected chi connectivity index (χ4v) is 2.64. The van der Waals surface area contributed by atoms with E-state index in [-0.39, 0.29) is 12.3 Å². The summed E-state index contributed by atoms with van der Waals surface area (Å²) in [5.41, 5.74) is -0.762. The molecule has 0 bridgehead atoms. The molecule has 1 saturated carbocycles. The quantitative estimate of drug-likeness (QED) is 0.327. The number of esters is 1. The van der Waals surface area contributed by atoms with E-state index in [9.17, 15) is 9.59 Å². The van der Waals surface area contributed by atoms with Gasteiger partial charge in [-0.3, -0.25) is 4.79 Å². The molecule has 5 heteroatoms. The van der Waals surface area contributed by atoms with Crippen LogP contribution in [-0.4, -0.2) is 29.7 Å². The Bertz CT molecular complexity index is 407. The van der Waals surface area contributed by atoms with Gasteiger partial charge in [-0.15, -0.1) is 0 Å². The highest BCUT2D eigenvalue weighted by Crippen LogP contribution is 2.37. The summed E-state index contributed by atoms with van der Waals surface area (Å²) in [5.74, 6) is -0.0275. The van der Waals surface area contributed by atoms with Crippen molar-refractivity contribution >= 4 is 17.5 Å². The van der Waals surface area contributed by atoms with Crippen LogP contribution in [0.1, 0.15) is 60.3 Å². The number of carbonyl (C=O) groups excluding carboxylic acids is 2. The Hall–Kier alpha value is -1.39. The lowest BCUT2D eigenvalue weighted by Crippen LogP contribution is -2.36. The summed E-state index contributed by atoms with van der Waals surface area (Å²) in [7, 11) is 0. The maximum absolute atomic E-state index is 11.7. The summed E-state index contributed by atoms with van der Waals surface area (Å²) < 4.78 is 4.82. The second kappa shape index (κ2) is 7.57. The van der Waals surface area contributed by atoms with Gasteiger partial charge in [-0.25, -0.2) is 4.79 Å². The molecule has 0 saturated heterocycles. The molecule has 1 aliphatic carbocycles. The van der Waals surface area contributed by atoms with Crippen LogP contribution < -0.4 is 0 Å². The first-order valence-corrected chi connectivity index (χ1v) is 7.72. The molecule has 0 aromatic carbocycles. The molecule has 120 valence electrons. The predicted molar refractivity (Wildman–Crippen MR) is 81.0 cm³/mol. The zero-order valence-electron chi connectivity index (χ0n) is 13.8. The number of oxime groups is 1. The highest BCUT2D eigenvalue weighted by atomic mass is 16.7. The molecule has 0 radical (unpaired) electrons. The third-order valence-corrected chi connectivity index (χ3v) is 4.17. The monoisotopic (exact) mass is 297 g/mol. The van der Waals surface area contributed by atoms with Crippen LogP contribution in [0.15, 0.2) is 5.16 Å². The number of ketones is 1. The molecular weight excluding hydrogens is 270 g/mol. The molecule has 1 aliphatic rings. The Morgan fingerprint density at radius 2 is 1.76 bits per heavy atom.